The van der Waals surface area contributed by atoms with Crippen molar-refractivity contribution in [2.75, 3.05) is 39.8 Å². The molecule has 2 heterocycles. The van der Waals surface area contributed by atoms with Gasteiger partial charge in [0, 0.05) is 13.2 Å². The van der Waals surface area contributed by atoms with Crippen molar-refractivity contribution in [3.8, 4) is 0 Å². The maximum absolute atomic E-state index is 5.65. The Hall–Kier alpha value is -0.120. The number of rotatable bonds is 6. The van der Waals surface area contributed by atoms with Crippen molar-refractivity contribution in [3.63, 3.8) is 0 Å². The second kappa shape index (κ2) is 6.88. The lowest BCUT2D eigenvalue weighted by molar-refractivity contribution is 0.101. The van der Waals surface area contributed by atoms with Gasteiger partial charge in [-0.15, -0.1) is 0 Å². The molecule has 2 rings (SSSR count). The number of piperidine rings is 1. The Kier molecular flexibility index (Phi) is 5.46. The molecule has 2 aliphatic rings. The van der Waals surface area contributed by atoms with Crippen LogP contribution in [0.3, 0.4) is 0 Å². The van der Waals surface area contributed by atoms with Crippen LogP contribution in [-0.2, 0) is 4.74 Å². The summed E-state index contributed by atoms with van der Waals surface area (Å²) in [4.78, 5) is 2.44. The fourth-order valence-corrected chi connectivity index (χ4v) is 3.05. The maximum atomic E-state index is 5.65. The van der Waals surface area contributed by atoms with E-state index in [4.69, 9.17) is 4.74 Å². The van der Waals surface area contributed by atoms with Gasteiger partial charge in [0.05, 0.1) is 6.10 Å². The Bertz CT molecular complexity index is 231. The van der Waals surface area contributed by atoms with Crippen LogP contribution in [0, 0.1) is 5.41 Å². The summed E-state index contributed by atoms with van der Waals surface area (Å²) in [5.74, 6) is 0. The first-order valence-corrected chi connectivity index (χ1v) is 7.69. The first-order chi connectivity index (χ1) is 8.68. The average molecular weight is 254 g/mol. The molecule has 0 spiro atoms. The normalized spacial score (nSPS) is 28.7. The fraction of sp³-hybridized carbons (Fsp3) is 1.00. The monoisotopic (exact) mass is 254 g/mol. The van der Waals surface area contributed by atoms with Crippen LogP contribution in [0.1, 0.15) is 45.4 Å². The molecule has 2 aliphatic heterocycles. The topological polar surface area (TPSA) is 24.5 Å². The summed E-state index contributed by atoms with van der Waals surface area (Å²) >= 11 is 0. The summed E-state index contributed by atoms with van der Waals surface area (Å²) in [6.45, 7) is 8.29. The van der Waals surface area contributed by atoms with Crippen molar-refractivity contribution in [2.24, 2.45) is 5.41 Å². The van der Waals surface area contributed by atoms with Crippen LogP contribution >= 0.6 is 0 Å². The minimum absolute atomic E-state index is 0.524. The summed E-state index contributed by atoms with van der Waals surface area (Å²) in [6, 6.07) is 0. The zero-order valence-electron chi connectivity index (χ0n) is 12.2. The number of nitrogens with one attached hydrogen (secondary N) is 1. The molecule has 0 aliphatic carbocycles. The summed E-state index contributed by atoms with van der Waals surface area (Å²) in [5, 5.41) is 3.66. The van der Waals surface area contributed by atoms with Gasteiger partial charge in [-0.3, -0.25) is 0 Å². The minimum Gasteiger partial charge on any atom is -0.378 e. The predicted molar refractivity (Wildman–Crippen MR) is 75.9 cm³/mol. The van der Waals surface area contributed by atoms with E-state index in [0.29, 0.717) is 11.5 Å². The number of ether oxygens (including phenoxy) is 1. The highest BCUT2D eigenvalue weighted by molar-refractivity contribution is 4.83. The molecule has 0 saturated carbocycles. The molecule has 0 aromatic carbocycles. The van der Waals surface area contributed by atoms with Gasteiger partial charge in [0.15, 0.2) is 0 Å². The van der Waals surface area contributed by atoms with Crippen LogP contribution < -0.4 is 5.32 Å². The number of nitrogens with zero attached hydrogens (tertiary/aromatic N) is 1. The molecule has 3 nitrogen and oxygen atoms in total. The zero-order chi connectivity index (χ0) is 12.8. The standard InChI is InChI=1S/C15H30N2O/c1-15(7-10-17(2)11-8-15)13-16-9-3-5-14-6-4-12-18-14/h14,16H,3-13H2,1-2H3. The van der Waals surface area contributed by atoms with Crippen molar-refractivity contribution in [1.29, 1.82) is 0 Å². The molecular weight excluding hydrogens is 224 g/mol. The van der Waals surface area contributed by atoms with Crippen molar-refractivity contribution in [1.82, 2.24) is 10.2 Å². The average Bonchev–Trinajstić information content (AvgIpc) is 2.86. The molecule has 1 atom stereocenters. The summed E-state index contributed by atoms with van der Waals surface area (Å²) in [6.07, 6.45) is 8.29. The molecule has 2 fully saturated rings. The van der Waals surface area contributed by atoms with Crippen LogP contribution in [0.5, 0.6) is 0 Å². The molecule has 0 radical (unpaired) electrons. The Balaban J connectivity index is 1.52. The highest BCUT2D eigenvalue weighted by Crippen LogP contribution is 2.29. The molecule has 2 saturated heterocycles. The molecule has 0 amide bonds. The van der Waals surface area contributed by atoms with Crippen LogP contribution in [0.2, 0.25) is 0 Å². The first kappa shape index (κ1) is 14.3. The van der Waals surface area contributed by atoms with Crippen LogP contribution in [0.25, 0.3) is 0 Å². The van der Waals surface area contributed by atoms with Gasteiger partial charge in [-0.25, -0.2) is 0 Å². The van der Waals surface area contributed by atoms with Crippen LogP contribution in [0.4, 0.5) is 0 Å². The Morgan fingerprint density at radius 1 is 1.33 bits per heavy atom. The van der Waals surface area contributed by atoms with Crippen molar-refractivity contribution in [3.05, 3.63) is 0 Å². The third kappa shape index (κ3) is 4.52. The largest absolute Gasteiger partial charge is 0.378 e. The molecule has 1 N–H and O–H groups in total. The van der Waals surface area contributed by atoms with E-state index >= 15 is 0 Å². The summed E-state index contributed by atoms with van der Waals surface area (Å²) in [7, 11) is 2.23. The quantitative estimate of drug-likeness (QED) is 0.736. The second-order valence-corrected chi connectivity index (χ2v) is 6.57. The zero-order valence-corrected chi connectivity index (χ0v) is 12.2. The lowest BCUT2D eigenvalue weighted by Gasteiger charge is -2.38. The molecule has 0 aromatic rings. The van der Waals surface area contributed by atoms with Gasteiger partial charge >= 0.3 is 0 Å². The van der Waals surface area contributed by atoms with Gasteiger partial charge in [-0.2, -0.15) is 0 Å². The van der Waals surface area contributed by atoms with E-state index in [9.17, 15) is 0 Å². The van der Waals surface area contributed by atoms with Crippen molar-refractivity contribution in [2.45, 2.75) is 51.6 Å². The van der Waals surface area contributed by atoms with Crippen molar-refractivity contribution >= 4 is 0 Å². The van der Waals surface area contributed by atoms with E-state index in [1.807, 2.05) is 0 Å². The third-order valence-electron chi connectivity index (χ3n) is 4.65. The van der Waals surface area contributed by atoms with Gasteiger partial charge in [0.2, 0.25) is 0 Å². The molecule has 1 unspecified atom stereocenters. The molecule has 0 aromatic heterocycles. The smallest absolute Gasteiger partial charge is 0.0576 e. The van der Waals surface area contributed by atoms with Gasteiger partial charge in [-0.05, 0) is 70.6 Å². The third-order valence-corrected chi connectivity index (χ3v) is 4.65. The van der Waals surface area contributed by atoms with Gasteiger partial charge in [0.1, 0.15) is 0 Å². The number of hydrogen-bond donors (Lipinski definition) is 1. The van der Waals surface area contributed by atoms with Crippen LogP contribution in [0.15, 0.2) is 0 Å². The van der Waals surface area contributed by atoms with Gasteiger partial charge < -0.3 is 15.0 Å². The number of likely N-dealkylation sites (tertiary alicyclic amines) is 1. The van der Waals surface area contributed by atoms with E-state index in [0.717, 1.165) is 13.2 Å². The second-order valence-electron chi connectivity index (χ2n) is 6.57. The first-order valence-electron chi connectivity index (χ1n) is 7.69. The Labute approximate surface area is 112 Å². The SMILES string of the molecule is CN1CCC(C)(CNCCCC2CCCO2)CC1. The maximum Gasteiger partial charge on any atom is 0.0576 e. The van der Waals surface area contributed by atoms with Crippen molar-refractivity contribution < 1.29 is 4.74 Å². The lowest BCUT2D eigenvalue weighted by Crippen LogP contribution is -2.42. The Morgan fingerprint density at radius 2 is 2.11 bits per heavy atom. The van der Waals surface area contributed by atoms with E-state index in [2.05, 4.69) is 24.2 Å². The molecule has 0 bridgehead atoms. The minimum atomic E-state index is 0.524. The van der Waals surface area contributed by atoms with Gasteiger partial charge in [-0.1, -0.05) is 6.92 Å². The molecular formula is C15H30N2O. The van der Waals surface area contributed by atoms with Crippen LogP contribution in [-0.4, -0.2) is 50.8 Å². The van der Waals surface area contributed by atoms with E-state index < -0.39 is 0 Å². The van der Waals surface area contributed by atoms with E-state index in [1.54, 1.807) is 0 Å². The highest BCUT2D eigenvalue weighted by Gasteiger charge is 2.28. The molecule has 3 heteroatoms. The molecule has 18 heavy (non-hydrogen) atoms. The summed E-state index contributed by atoms with van der Waals surface area (Å²) in [5.41, 5.74) is 0.524. The van der Waals surface area contributed by atoms with E-state index in [1.165, 1.54) is 58.2 Å². The number of hydrogen-bond acceptors (Lipinski definition) is 3. The lowest BCUT2D eigenvalue weighted by atomic mass is 9.80. The van der Waals surface area contributed by atoms with Gasteiger partial charge in [0.25, 0.3) is 0 Å². The Morgan fingerprint density at radius 3 is 2.78 bits per heavy atom. The predicted octanol–water partition coefficient (Wildman–Crippen LogP) is 2.27. The fourth-order valence-electron chi connectivity index (χ4n) is 3.05. The molecule has 106 valence electrons. The van der Waals surface area contributed by atoms with E-state index in [-0.39, 0.29) is 0 Å². The summed E-state index contributed by atoms with van der Waals surface area (Å²) < 4.78 is 5.65. The highest BCUT2D eigenvalue weighted by atomic mass is 16.5.